The normalized spacial score (nSPS) is 30.1. The maximum atomic E-state index is 15.2. The Kier molecular flexibility index (Phi) is 4.29. The van der Waals surface area contributed by atoms with Gasteiger partial charge in [0.25, 0.3) is 0 Å². The van der Waals surface area contributed by atoms with Crippen LogP contribution in [0.5, 0.6) is 0 Å². The number of benzene rings is 1. The second-order valence-electron chi connectivity index (χ2n) is 7.80. The number of tetrazole rings is 1. The molecule has 3 aromatic rings. The van der Waals surface area contributed by atoms with Crippen molar-refractivity contribution in [3.8, 4) is 22.6 Å². The average Bonchev–Trinajstić information content (AvgIpc) is 3.46. The smallest absolute Gasteiger partial charge is 0.405 e. The molecule has 2 atom stereocenters. The van der Waals surface area contributed by atoms with E-state index in [0.29, 0.717) is 17.1 Å². The third-order valence-electron chi connectivity index (χ3n) is 5.72. The van der Waals surface area contributed by atoms with Gasteiger partial charge in [0.05, 0.1) is 12.7 Å². The van der Waals surface area contributed by atoms with Crippen molar-refractivity contribution in [2.45, 2.75) is 31.1 Å². The first-order valence-corrected chi connectivity index (χ1v) is 11.6. The van der Waals surface area contributed by atoms with Gasteiger partial charge in [0, 0.05) is 17.3 Å². The number of aliphatic hydroxyl groups excluding tert-OH is 1. The zero-order valence-electron chi connectivity index (χ0n) is 17.7. The Bertz CT molecular complexity index is 1370. The number of aromatic nitrogens is 5. The highest BCUT2D eigenvalue weighted by Gasteiger charge is 2.91. The summed E-state index contributed by atoms with van der Waals surface area (Å²) in [5.74, 6) is -4.65. The lowest BCUT2D eigenvalue weighted by Crippen LogP contribution is -2.63. The molecule has 7 rings (SSSR count). The van der Waals surface area contributed by atoms with Crippen molar-refractivity contribution < 1.29 is 37.2 Å². The summed E-state index contributed by atoms with van der Waals surface area (Å²) in [4.78, 5) is 19.1. The molecule has 2 aromatic heterocycles. The van der Waals surface area contributed by atoms with Crippen LogP contribution in [0, 0.1) is 5.82 Å². The number of phosphoric ester groups is 1. The number of aryl methyl sites for hydroxylation is 1. The van der Waals surface area contributed by atoms with E-state index < -0.39 is 37.5 Å². The fraction of sp³-hybridized carbons (Fsp3) is 0.316. The molecule has 1 N–H and O–H groups in total. The van der Waals surface area contributed by atoms with E-state index in [1.54, 1.807) is 26.1 Å². The van der Waals surface area contributed by atoms with Crippen LogP contribution in [-0.4, -0.2) is 54.2 Å². The van der Waals surface area contributed by atoms with Gasteiger partial charge in [-0.05, 0) is 35.9 Å². The summed E-state index contributed by atoms with van der Waals surface area (Å²) in [5, 5.41) is 22.1. The van der Waals surface area contributed by atoms with E-state index in [4.69, 9.17) is 18.3 Å². The quantitative estimate of drug-likeness (QED) is 0.525. The molecule has 4 fully saturated rings. The molecule has 6 heterocycles. The van der Waals surface area contributed by atoms with E-state index >= 15 is 4.39 Å². The predicted octanol–water partition coefficient (Wildman–Crippen LogP) is 2.34. The molecular formula is C19H16FN6O7P. The topological polar surface area (TPSA) is 151 Å². The van der Waals surface area contributed by atoms with Crippen molar-refractivity contribution in [2.24, 2.45) is 7.05 Å². The number of rotatable bonds is 5. The summed E-state index contributed by atoms with van der Waals surface area (Å²) in [5.41, 5.74) is 1.10. The molecule has 176 valence electrons. The van der Waals surface area contributed by atoms with E-state index in [-0.39, 0.29) is 17.7 Å². The Labute approximate surface area is 190 Å². The Morgan fingerprint density at radius 2 is 2.03 bits per heavy atom. The lowest BCUT2D eigenvalue weighted by molar-refractivity contribution is -0.281. The van der Waals surface area contributed by atoms with Crippen LogP contribution in [0.15, 0.2) is 36.5 Å². The van der Waals surface area contributed by atoms with Crippen molar-refractivity contribution in [1.82, 2.24) is 25.2 Å². The van der Waals surface area contributed by atoms with E-state index in [9.17, 15) is 14.5 Å². The lowest BCUT2D eigenvalue weighted by Gasteiger charge is -2.39. The number of aliphatic hydroxyl groups is 1. The molecule has 1 amide bonds. The lowest BCUT2D eigenvalue weighted by atomic mass is 10.0. The Hall–Kier alpha value is -3.29. The van der Waals surface area contributed by atoms with Crippen molar-refractivity contribution in [2.75, 3.05) is 4.90 Å². The largest absolute Gasteiger partial charge is 0.486 e. The highest BCUT2D eigenvalue weighted by atomic mass is 31.2. The Balaban J connectivity index is 1.34. The maximum absolute atomic E-state index is 15.2. The molecule has 2 bridgehead atoms. The fourth-order valence-electron chi connectivity index (χ4n) is 4.15. The highest BCUT2D eigenvalue weighted by Crippen LogP contribution is 2.81. The number of halogens is 1. The van der Waals surface area contributed by atoms with Gasteiger partial charge in [0.15, 0.2) is 0 Å². The number of ether oxygens (including phenoxy) is 1. The summed E-state index contributed by atoms with van der Waals surface area (Å²) in [6.45, 7) is 1.60. The molecular weight excluding hydrogens is 474 g/mol. The molecule has 0 aliphatic carbocycles. The number of phosphoric acid groups is 1. The number of hydrogen-bond acceptors (Lipinski definition) is 11. The Morgan fingerprint density at radius 1 is 1.24 bits per heavy atom. The second kappa shape index (κ2) is 6.87. The van der Waals surface area contributed by atoms with E-state index in [1.165, 1.54) is 23.1 Å². The maximum Gasteiger partial charge on any atom is 0.486 e. The van der Waals surface area contributed by atoms with Gasteiger partial charge < -0.3 is 9.84 Å². The first kappa shape index (κ1) is 21.3. The van der Waals surface area contributed by atoms with Gasteiger partial charge in [-0.3, -0.25) is 4.98 Å². The van der Waals surface area contributed by atoms with Gasteiger partial charge in [0.2, 0.25) is 5.82 Å². The van der Waals surface area contributed by atoms with Gasteiger partial charge in [-0.2, -0.15) is 4.80 Å². The molecule has 1 spiro atoms. The summed E-state index contributed by atoms with van der Waals surface area (Å²) in [6.07, 6.45) is -0.893. The molecule has 1 aromatic carbocycles. The average molecular weight is 490 g/mol. The van der Waals surface area contributed by atoms with Crippen LogP contribution in [0.2, 0.25) is 0 Å². The van der Waals surface area contributed by atoms with Gasteiger partial charge >= 0.3 is 25.6 Å². The first-order chi connectivity index (χ1) is 16.2. The van der Waals surface area contributed by atoms with Crippen LogP contribution >= 0.6 is 7.82 Å². The SMILES string of the molecule is CC[C@H](O)[C@@]12OC(=O)N(c3ccc(-c4ccc(-c5nnn(C)n5)nc4)c(F)c3)C13OP(=O)(O3)O2. The van der Waals surface area contributed by atoms with Crippen LogP contribution in [-0.2, 0) is 29.9 Å². The first-order valence-electron chi connectivity index (χ1n) is 10.1. The number of carbonyl (C=O) groups is 1. The molecule has 4 saturated heterocycles. The van der Waals surface area contributed by atoms with E-state index in [2.05, 4.69) is 20.4 Å². The summed E-state index contributed by atoms with van der Waals surface area (Å²) in [7, 11) is -2.37. The second-order valence-corrected chi connectivity index (χ2v) is 9.24. The van der Waals surface area contributed by atoms with Crippen molar-refractivity contribution in [3.63, 3.8) is 0 Å². The number of pyridine rings is 1. The number of carbonyl (C=O) groups excluding carboxylic acids is 1. The minimum atomic E-state index is -4.00. The summed E-state index contributed by atoms with van der Waals surface area (Å²) >= 11 is 0. The summed E-state index contributed by atoms with van der Waals surface area (Å²) in [6, 6.07) is 7.18. The van der Waals surface area contributed by atoms with E-state index in [1.807, 2.05) is 0 Å². The monoisotopic (exact) mass is 490 g/mol. The minimum absolute atomic E-state index is 0.0125. The van der Waals surface area contributed by atoms with Crippen LogP contribution in [0.4, 0.5) is 14.9 Å². The van der Waals surface area contributed by atoms with Gasteiger partial charge in [-0.1, -0.05) is 13.0 Å². The van der Waals surface area contributed by atoms with Gasteiger partial charge in [-0.25, -0.2) is 32.2 Å². The zero-order chi connectivity index (χ0) is 23.9. The molecule has 0 unspecified atom stereocenters. The number of anilines is 1. The van der Waals surface area contributed by atoms with Crippen molar-refractivity contribution in [1.29, 1.82) is 0 Å². The van der Waals surface area contributed by atoms with E-state index in [0.717, 1.165) is 11.0 Å². The van der Waals surface area contributed by atoms with Crippen LogP contribution in [0.25, 0.3) is 22.6 Å². The minimum Gasteiger partial charge on any atom is -0.405 e. The van der Waals surface area contributed by atoms with Crippen LogP contribution in [0.3, 0.4) is 0 Å². The predicted molar refractivity (Wildman–Crippen MR) is 109 cm³/mol. The molecule has 4 aliphatic rings. The zero-order valence-corrected chi connectivity index (χ0v) is 18.5. The van der Waals surface area contributed by atoms with Crippen LogP contribution in [0.1, 0.15) is 13.3 Å². The highest BCUT2D eigenvalue weighted by molar-refractivity contribution is 7.50. The van der Waals surface area contributed by atoms with Crippen molar-refractivity contribution >= 4 is 19.6 Å². The summed E-state index contributed by atoms with van der Waals surface area (Å²) < 4.78 is 48.6. The fourth-order valence-corrected chi connectivity index (χ4v) is 5.87. The molecule has 13 nitrogen and oxygen atoms in total. The number of nitrogens with zero attached hydrogens (tertiary/aromatic N) is 6. The standard InChI is InChI=1S/C19H16FN6O7P/c1-3-15(27)18-19(32-34(29,31-18)33-19)26(17(28)30-18)11-5-6-12(13(20)8-11)10-4-7-14(21-9-10)16-22-24-25(2)23-16/h4-9,15,27H,3H2,1-2H3/t15-,18-,19?,34?/m0/s1. The molecule has 4 aliphatic heterocycles. The third-order valence-corrected chi connectivity index (χ3v) is 7.16. The molecule has 15 heteroatoms. The molecule has 0 saturated carbocycles. The molecule has 0 radical (unpaired) electrons. The number of hydrogen-bond donors (Lipinski definition) is 1. The third kappa shape index (κ3) is 2.68. The van der Waals surface area contributed by atoms with Crippen molar-refractivity contribution in [3.05, 3.63) is 42.3 Å². The van der Waals surface area contributed by atoms with Gasteiger partial charge in [-0.15, -0.1) is 10.2 Å². The molecule has 34 heavy (non-hydrogen) atoms. The van der Waals surface area contributed by atoms with Gasteiger partial charge in [0.1, 0.15) is 17.6 Å². The Morgan fingerprint density at radius 3 is 2.65 bits per heavy atom. The number of amides is 1. The van der Waals surface area contributed by atoms with Crippen LogP contribution < -0.4 is 4.90 Å².